The van der Waals surface area contributed by atoms with Gasteiger partial charge in [0, 0.05) is 48.0 Å². The lowest BCUT2D eigenvalue weighted by atomic mass is 10.0. The normalized spacial score (nSPS) is 11.1. The van der Waals surface area contributed by atoms with E-state index in [0.29, 0.717) is 5.39 Å². The molecule has 5 aromatic rings. The Kier molecular flexibility index (Phi) is 4.93. The lowest BCUT2D eigenvalue weighted by Crippen LogP contribution is -2.19. The Morgan fingerprint density at radius 2 is 1.58 bits per heavy atom. The van der Waals surface area contributed by atoms with Gasteiger partial charge in [-0.25, -0.2) is 4.52 Å². The SMILES string of the molecule is C.Cc1cncc(-c2ccc3c(=O)n(C)c4cc(-c5cc(C)nc(C)c5)nn4c3c2)c1. The molecule has 6 heteroatoms. The highest BCUT2D eigenvalue weighted by Gasteiger charge is 2.14. The lowest BCUT2D eigenvalue weighted by Gasteiger charge is -2.08. The number of aromatic nitrogens is 5. The van der Waals surface area contributed by atoms with Gasteiger partial charge < -0.3 is 0 Å². The van der Waals surface area contributed by atoms with Gasteiger partial charge >= 0.3 is 0 Å². The van der Waals surface area contributed by atoms with Crippen molar-refractivity contribution in [3.8, 4) is 22.4 Å². The maximum absolute atomic E-state index is 13.0. The smallest absolute Gasteiger partial charge is 0.261 e. The van der Waals surface area contributed by atoms with Crippen LogP contribution in [0.25, 0.3) is 38.9 Å². The molecule has 1 aromatic carbocycles. The molecular formula is C25H25N5O. The molecule has 156 valence electrons. The molecule has 6 nitrogen and oxygen atoms in total. The van der Waals surface area contributed by atoms with Crippen LogP contribution in [0, 0.1) is 20.8 Å². The zero-order valence-electron chi connectivity index (χ0n) is 17.3. The molecule has 0 atom stereocenters. The van der Waals surface area contributed by atoms with Crippen molar-refractivity contribution in [1.29, 1.82) is 0 Å². The zero-order valence-corrected chi connectivity index (χ0v) is 17.3. The summed E-state index contributed by atoms with van der Waals surface area (Å²) in [5, 5.41) is 5.49. The van der Waals surface area contributed by atoms with E-state index < -0.39 is 0 Å². The summed E-state index contributed by atoms with van der Waals surface area (Å²) in [6.07, 6.45) is 3.67. The number of rotatable bonds is 2. The third-order valence-electron chi connectivity index (χ3n) is 5.38. The molecule has 4 heterocycles. The largest absolute Gasteiger partial charge is 0.296 e. The van der Waals surface area contributed by atoms with Gasteiger partial charge in [0.25, 0.3) is 5.56 Å². The first-order chi connectivity index (χ1) is 14.4. The topological polar surface area (TPSA) is 65.1 Å². The van der Waals surface area contributed by atoms with Crippen molar-refractivity contribution >= 4 is 16.6 Å². The second kappa shape index (κ2) is 7.47. The summed E-state index contributed by atoms with van der Waals surface area (Å²) in [4.78, 5) is 21.8. The number of hydrogen-bond acceptors (Lipinski definition) is 4. The van der Waals surface area contributed by atoms with E-state index in [4.69, 9.17) is 5.10 Å². The number of fused-ring (bicyclic) bond motifs is 3. The number of pyridine rings is 2. The minimum absolute atomic E-state index is 0. The fourth-order valence-corrected chi connectivity index (χ4v) is 3.98. The third kappa shape index (κ3) is 3.40. The predicted molar refractivity (Wildman–Crippen MR) is 125 cm³/mol. The van der Waals surface area contributed by atoms with E-state index in [0.717, 1.165) is 50.5 Å². The van der Waals surface area contributed by atoms with Crippen LogP contribution < -0.4 is 5.56 Å². The molecular weight excluding hydrogens is 386 g/mol. The van der Waals surface area contributed by atoms with Crippen molar-refractivity contribution in [2.75, 3.05) is 0 Å². The Hall–Kier alpha value is -3.80. The molecule has 0 amide bonds. The molecule has 0 saturated carbocycles. The van der Waals surface area contributed by atoms with Gasteiger partial charge in [-0.1, -0.05) is 13.5 Å². The van der Waals surface area contributed by atoms with Crippen LogP contribution in [0.15, 0.2) is 59.7 Å². The Bertz CT molecular complexity index is 1490. The first kappa shape index (κ1) is 20.5. The molecule has 0 aliphatic heterocycles. The minimum atomic E-state index is -0.0417. The lowest BCUT2D eigenvalue weighted by molar-refractivity contribution is 0.850. The van der Waals surface area contributed by atoms with Gasteiger partial charge in [-0.05, 0) is 62.2 Å². The average molecular weight is 412 g/mol. The Labute approximate surface area is 180 Å². The van der Waals surface area contributed by atoms with Crippen molar-refractivity contribution in [1.82, 2.24) is 24.1 Å². The van der Waals surface area contributed by atoms with Gasteiger partial charge in [0.1, 0.15) is 5.65 Å². The quantitative estimate of drug-likeness (QED) is 0.416. The van der Waals surface area contributed by atoms with Gasteiger partial charge in [-0.3, -0.25) is 19.3 Å². The number of hydrogen-bond donors (Lipinski definition) is 0. The zero-order chi connectivity index (χ0) is 21.0. The molecule has 0 unspecified atom stereocenters. The first-order valence-electron chi connectivity index (χ1n) is 9.81. The maximum atomic E-state index is 13.0. The molecule has 4 aromatic heterocycles. The number of aryl methyl sites for hydroxylation is 4. The molecule has 0 fully saturated rings. The van der Waals surface area contributed by atoms with Crippen LogP contribution in [0.1, 0.15) is 24.4 Å². The van der Waals surface area contributed by atoms with Crippen molar-refractivity contribution < 1.29 is 0 Å². The molecule has 0 spiro atoms. The van der Waals surface area contributed by atoms with Crippen LogP contribution in [0.2, 0.25) is 0 Å². The molecule has 0 radical (unpaired) electrons. The maximum Gasteiger partial charge on any atom is 0.261 e. The van der Waals surface area contributed by atoms with Gasteiger partial charge in [0.15, 0.2) is 0 Å². The second-order valence-electron chi connectivity index (χ2n) is 7.79. The predicted octanol–water partition coefficient (Wildman–Crippen LogP) is 4.87. The summed E-state index contributed by atoms with van der Waals surface area (Å²) in [6, 6.07) is 13.9. The Morgan fingerprint density at radius 1 is 0.839 bits per heavy atom. The highest BCUT2D eigenvalue weighted by Crippen LogP contribution is 2.26. The standard InChI is InChI=1S/C24H21N5O.CH4/c1-14-7-19(13-25-12-14)17-5-6-20-22(10-17)29-23(28(4)24(20)30)11-21(27-29)18-8-15(2)26-16(3)9-18;/h5-13H,1-4H3;1H4. The van der Waals surface area contributed by atoms with Gasteiger partial charge in [0.05, 0.1) is 16.6 Å². The van der Waals surface area contributed by atoms with E-state index in [1.807, 2.05) is 74.1 Å². The van der Waals surface area contributed by atoms with Crippen LogP contribution in [0.3, 0.4) is 0 Å². The molecule has 5 rings (SSSR count). The summed E-state index contributed by atoms with van der Waals surface area (Å²) in [6.45, 7) is 5.96. The van der Waals surface area contributed by atoms with Crippen LogP contribution in [0.4, 0.5) is 0 Å². The van der Waals surface area contributed by atoms with E-state index in [-0.39, 0.29) is 13.0 Å². The fourth-order valence-electron chi connectivity index (χ4n) is 3.98. The summed E-state index contributed by atoms with van der Waals surface area (Å²) in [7, 11) is 1.78. The highest BCUT2D eigenvalue weighted by molar-refractivity contribution is 5.86. The fraction of sp³-hybridized carbons (Fsp3) is 0.200. The number of benzene rings is 1. The van der Waals surface area contributed by atoms with E-state index >= 15 is 0 Å². The average Bonchev–Trinajstić information content (AvgIpc) is 3.17. The van der Waals surface area contributed by atoms with Gasteiger partial charge in [-0.2, -0.15) is 5.10 Å². The highest BCUT2D eigenvalue weighted by atomic mass is 16.1. The molecule has 0 aliphatic rings. The van der Waals surface area contributed by atoms with E-state index in [1.165, 1.54) is 0 Å². The van der Waals surface area contributed by atoms with E-state index in [1.54, 1.807) is 11.6 Å². The molecule has 31 heavy (non-hydrogen) atoms. The van der Waals surface area contributed by atoms with Crippen molar-refractivity contribution in [2.45, 2.75) is 28.2 Å². The first-order valence-corrected chi connectivity index (χ1v) is 9.81. The van der Waals surface area contributed by atoms with Crippen LogP contribution in [-0.2, 0) is 7.05 Å². The molecule has 0 saturated heterocycles. The Balaban J connectivity index is 0.00000231. The second-order valence-corrected chi connectivity index (χ2v) is 7.79. The monoisotopic (exact) mass is 411 g/mol. The number of nitrogens with zero attached hydrogens (tertiary/aromatic N) is 5. The summed E-state index contributed by atoms with van der Waals surface area (Å²) in [5.41, 5.74) is 8.27. The summed E-state index contributed by atoms with van der Waals surface area (Å²) < 4.78 is 3.50. The van der Waals surface area contributed by atoms with Crippen LogP contribution >= 0.6 is 0 Å². The van der Waals surface area contributed by atoms with Crippen molar-refractivity contribution in [3.63, 3.8) is 0 Å². The van der Waals surface area contributed by atoms with Crippen molar-refractivity contribution in [3.05, 3.63) is 82.2 Å². The molecule has 0 aliphatic carbocycles. The van der Waals surface area contributed by atoms with Crippen LogP contribution in [-0.4, -0.2) is 24.1 Å². The van der Waals surface area contributed by atoms with Crippen LogP contribution in [0.5, 0.6) is 0 Å². The molecule has 0 N–H and O–H groups in total. The van der Waals surface area contributed by atoms with Gasteiger partial charge in [-0.15, -0.1) is 0 Å². The summed E-state index contributed by atoms with van der Waals surface area (Å²) in [5.74, 6) is 0. The third-order valence-corrected chi connectivity index (χ3v) is 5.38. The van der Waals surface area contributed by atoms with Crippen molar-refractivity contribution in [2.24, 2.45) is 7.05 Å². The van der Waals surface area contributed by atoms with Gasteiger partial charge in [0.2, 0.25) is 0 Å². The molecule has 0 bridgehead atoms. The van der Waals surface area contributed by atoms with E-state index in [9.17, 15) is 4.79 Å². The Morgan fingerprint density at radius 3 is 2.29 bits per heavy atom. The minimum Gasteiger partial charge on any atom is -0.296 e. The van der Waals surface area contributed by atoms with E-state index in [2.05, 4.69) is 16.0 Å². The summed E-state index contributed by atoms with van der Waals surface area (Å²) >= 11 is 0.